The molecule has 1 aromatic rings. The second-order valence-electron chi connectivity index (χ2n) is 4.62. The molecule has 0 aromatic heterocycles. The summed E-state index contributed by atoms with van der Waals surface area (Å²) in [7, 11) is 1.93. The molecule has 0 saturated carbocycles. The van der Waals surface area contributed by atoms with Crippen LogP contribution in [0.1, 0.15) is 25.3 Å². The van der Waals surface area contributed by atoms with E-state index < -0.39 is 0 Å². The molecule has 0 spiro atoms. The first kappa shape index (κ1) is 14.5. The number of unbranched alkanes of at least 4 members (excludes halogenated alkanes) is 1. The average Bonchev–Trinajstić information content (AvgIpc) is 2.29. The fourth-order valence-corrected chi connectivity index (χ4v) is 1.76. The summed E-state index contributed by atoms with van der Waals surface area (Å²) in [6.07, 6.45) is 2.13. The number of hydrogen-bond acceptors (Lipinski definition) is 3. The van der Waals surface area contributed by atoms with Crippen molar-refractivity contribution in [2.75, 3.05) is 25.9 Å². The lowest BCUT2D eigenvalue weighted by atomic mass is 10.2. The highest BCUT2D eigenvalue weighted by molar-refractivity contribution is 5.77. The van der Waals surface area contributed by atoms with Crippen LogP contribution in [0.15, 0.2) is 24.3 Å². The van der Waals surface area contributed by atoms with Crippen molar-refractivity contribution in [3.8, 4) is 0 Å². The normalized spacial score (nSPS) is 10.6. The Morgan fingerprint density at radius 2 is 2.22 bits per heavy atom. The van der Waals surface area contributed by atoms with E-state index in [-0.39, 0.29) is 5.91 Å². The smallest absolute Gasteiger partial charge is 0.234 e. The maximum Gasteiger partial charge on any atom is 0.234 e. The molecule has 0 atom stereocenters. The highest BCUT2D eigenvalue weighted by Crippen LogP contribution is 2.08. The molecule has 0 radical (unpaired) electrons. The number of nitrogens with one attached hydrogen (secondary N) is 1. The molecule has 0 bridgehead atoms. The summed E-state index contributed by atoms with van der Waals surface area (Å²) in [6.45, 7) is 4.02. The van der Waals surface area contributed by atoms with Crippen LogP contribution in [0.5, 0.6) is 0 Å². The number of nitrogens with two attached hydrogens (primary N) is 1. The molecule has 1 aromatic carbocycles. The van der Waals surface area contributed by atoms with Crippen LogP contribution in [0.3, 0.4) is 0 Å². The molecule has 100 valence electrons. The number of rotatable bonds is 7. The number of anilines is 1. The third-order valence-corrected chi connectivity index (χ3v) is 2.67. The number of carbonyl (C=O) groups excluding carboxylic acids is 1. The van der Waals surface area contributed by atoms with Gasteiger partial charge in [-0.05, 0) is 31.2 Å². The zero-order valence-electron chi connectivity index (χ0n) is 11.3. The monoisotopic (exact) mass is 249 g/mol. The van der Waals surface area contributed by atoms with Gasteiger partial charge in [0.25, 0.3) is 0 Å². The zero-order chi connectivity index (χ0) is 13.4. The summed E-state index contributed by atoms with van der Waals surface area (Å²) in [5, 5.41) is 2.91. The molecule has 0 aliphatic heterocycles. The van der Waals surface area contributed by atoms with Gasteiger partial charge in [0.15, 0.2) is 0 Å². The van der Waals surface area contributed by atoms with E-state index in [1.54, 1.807) is 0 Å². The topological polar surface area (TPSA) is 58.4 Å². The number of benzene rings is 1. The molecule has 0 fully saturated rings. The summed E-state index contributed by atoms with van der Waals surface area (Å²) in [5.74, 6) is 0.0786. The van der Waals surface area contributed by atoms with Gasteiger partial charge in [-0.3, -0.25) is 9.69 Å². The van der Waals surface area contributed by atoms with E-state index in [1.165, 1.54) is 0 Å². The van der Waals surface area contributed by atoms with E-state index in [0.29, 0.717) is 6.54 Å². The minimum atomic E-state index is 0.0786. The first-order valence-corrected chi connectivity index (χ1v) is 6.41. The average molecular weight is 249 g/mol. The predicted molar refractivity (Wildman–Crippen MR) is 75.1 cm³/mol. The van der Waals surface area contributed by atoms with Crippen molar-refractivity contribution in [3.63, 3.8) is 0 Å². The van der Waals surface area contributed by atoms with Crippen molar-refractivity contribution in [2.45, 2.75) is 26.3 Å². The summed E-state index contributed by atoms with van der Waals surface area (Å²) >= 11 is 0. The van der Waals surface area contributed by atoms with E-state index in [9.17, 15) is 4.79 Å². The standard InChI is InChI=1S/C14H23N3O/c1-3-4-8-16-14(18)11-17(2)10-12-6-5-7-13(15)9-12/h5-7,9H,3-4,8,10-11,15H2,1-2H3,(H,16,18). The Morgan fingerprint density at radius 3 is 2.89 bits per heavy atom. The second-order valence-corrected chi connectivity index (χ2v) is 4.62. The Balaban J connectivity index is 2.32. The lowest BCUT2D eigenvalue weighted by molar-refractivity contribution is -0.122. The molecular weight excluding hydrogens is 226 g/mol. The number of nitrogen functional groups attached to an aromatic ring is 1. The predicted octanol–water partition coefficient (Wildman–Crippen LogP) is 1.62. The van der Waals surface area contributed by atoms with Crippen molar-refractivity contribution < 1.29 is 4.79 Å². The van der Waals surface area contributed by atoms with E-state index in [0.717, 1.165) is 37.2 Å². The van der Waals surface area contributed by atoms with Crippen LogP contribution in [0.2, 0.25) is 0 Å². The lowest BCUT2D eigenvalue weighted by Gasteiger charge is -2.16. The van der Waals surface area contributed by atoms with Crippen LogP contribution < -0.4 is 11.1 Å². The van der Waals surface area contributed by atoms with Gasteiger partial charge >= 0.3 is 0 Å². The third kappa shape index (κ3) is 5.68. The molecule has 0 aliphatic rings. The first-order chi connectivity index (χ1) is 8.61. The van der Waals surface area contributed by atoms with Crippen molar-refractivity contribution >= 4 is 11.6 Å². The summed E-state index contributed by atoms with van der Waals surface area (Å²) in [5.41, 5.74) is 7.60. The highest BCUT2D eigenvalue weighted by atomic mass is 16.2. The molecule has 18 heavy (non-hydrogen) atoms. The van der Waals surface area contributed by atoms with Gasteiger partial charge in [-0.15, -0.1) is 0 Å². The first-order valence-electron chi connectivity index (χ1n) is 6.41. The summed E-state index contributed by atoms with van der Waals surface area (Å²) in [6, 6.07) is 7.74. The van der Waals surface area contributed by atoms with Crippen LogP contribution in [-0.2, 0) is 11.3 Å². The SMILES string of the molecule is CCCCNC(=O)CN(C)Cc1cccc(N)c1. The quantitative estimate of drug-likeness (QED) is 0.570. The molecule has 0 saturated heterocycles. The highest BCUT2D eigenvalue weighted by Gasteiger charge is 2.06. The third-order valence-electron chi connectivity index (χ3n) is 2.67. The molecule has 1 rings (SSSR count). The number of nitrogens with zero attached hydrogens (tertiary/aromatic N) is 1. The van der Waals surface area contributed by atoms with E-state index in [4.69, 9.17) is 5.73 Å². The number of likely N-dealkylation sites (N-methyl/N-ethyl adjacent to an activating group) is 1. The minimum absolute atomic E-state index is 0.0786. The van der Waals surface area contributed by atoms with Gasteiger partial charge in [0.1, 0.15) is 0 Å². The van der Waals surface area contributed by atoms with Crippen molar-refractivity contribution in [3.05, 3.63) is 29.8 Å². The molecule has 4 nitrogen and oxygen atoms in total. The Bertz CT molecular complexity index is 379. The van der Waals surface area contributed by atoms with E-state index >= 15 is 0 Å². The van der Waals surface area contributed by atoms with Gasteiger partial charge in [0, 0.05) is 18.8 Å². The van der Waals surface area contributed by atoms with E-state index in [2.05, 4.69) is 12.2 Å². The largest absolute Gasteiger partial charge is 0.399 e. The Labute approximate surface area is 109 Å². The van der Waals surface area contributed by atoms with Gasteiger partial charge in [0.05, 0.1) is 6.54 Å². The van der Waals surface area contributed by atoms with Crippen molar-refractivity contribution in [1.82, 2.24) is 10.2 Å². The van der Waals surface area contributed by atoms with Crippen LogP contribution in [-0.4, -0.2) is 30.9 Å². The fraction of sp³-hybridized carbons (Fsp3) is 0.500. The van der Waals surface area contributed by atoms with Gasteiger partial charge in [-0.2, -0.15) is 0 Å². The Morgan fingerprint density at radius 1 is 1.44 bits per heavy atom. The zero-order valence-corrected chi connectivity index (χ0v) is 11.3. The molecule has 0 heterocycles. The minimum Gasteiger partial charge on any atom is -0.399 e. The van der Waals surface area contributed by atoms with Crippen LogP contribution >= 0.6 is 0 Å². The second kappa shape index (κ2) is 7.71. The Hall–Kier alpha value is -1.55. The van der Waals surface area contributed by atoms with Gasteiger partial charge in [-0.1, -0.05) is 25.5 Å². The number of carbonyl (C=O) groups is 1. The van der Waals surface area contributed by atoms with Gasteiger partial charge in [0.2, 0.25) is 5.91 Å². The van der Waals surface area contributed by atoms with Crippen LogP contribution in [0.4, 0.5) is 5.69 Å². The van der Waals surface area contributed by atoms with Gasteiger partial charge in [-0.25, -0.2) is 0 Å². The Kier molecular flexibility index (Phi) is 6.22. The lowest BCUT2D eigenvalue weighted by Crippen LogP contribution is -2.35. The maximum absolute atomic E-state index is 11.6. The maximum atomic E-state index is 11.6. The number of hydrogen-bond donors (Lipinski definition) is 2. The fourth-order valence-electron chi connectivity index (χ4n) is 1.76. The van der Waals surface area contributed by atoms with Crippen molar-refractivity contribution in [2.24, 2.45) is 0 Å². The molecule has 3 N–H and O–H groups in total. The van der Waals surface area contributed by atoms with Crippen LogP contribution in [0, 0.1) is 0 Å². The molecular formula is C14H23N3O. The van der Waals surface area contributed by atoms with Crippen molar-refractivity contribution in [1.29, 1.82) is 0 Å². The molecule has 4 heteroatoms. The summed E-state index contributed by atoms with van der Waals surface area (Å²) < 4.78 is 0. The molecule has 0 aliphatic carbocycles. The number of amides is 1. The molecule has 0 unspecified atom stereocenters. The molecule has 1 amide bonds. The van der Waals surface area contributed by atoms with Gasteiger partial charge < -0.3 is 11.1 Å². The summed E-state index contributed by atoms with van der Waals surface area (Å²) in [4.78, 5) is 13.6. The van der Waals surface area contributed by atoms with Crippen LogP contribution in [0.25, 0.3) is 0 Å². The van der Waals surface area contributed by atoms with E-state index in [1.807, 2.05) is 36.2 Å².